The van der Waals surface area contributed by atoms with E-state index in [4.69, 9.17) is 10.6 Å². The molecule has 2 atom stereocenters. The van der Waals surface area contributed by atoms with E-state index in [0.717, 1.165) is 11.1 Å². The molecule has 0 aromatic heterocycles. The van der Waals surface area contributed by atoms with Gasteiger partial charge in [0.05, 0.1) is 0 Å². The zero-order valence-corrected chi connectivity index (χ0v) is 20.1. The molecule has 3 amide bonds. The highest BCUT2D eigenvalue weighted by molar-refractivity contribution is 5.92. The highest BCUT2D eigenvalue weighted by Gasteiger charge is 2.29. The van der Waals surface area contributed by atoms with Crippen molar-refractivity contribution in [1.29, 1.82) is 0 Å². The second-order valence-corrected chi connectivity index (χ2v) is 8.85. The summed E-state index contributed by atoms with van der Waals surface area (Å²) < 4.78 is 5.31. The van der Waals surface area contributed by atoms with Gasteiger partial charge in [0.1, 0.15) is 24.2 Å². The second-order valence-electron chi connectivity index (χ2n) is 8.85. The minimum Gasteiger partial charge on any atom is -0.444 e. The van der Waals surface area contributed by atoms with Crippen LogP contribution in [0.25, 0.3) is 0 Å². The number of rotatable bonds is 10. The Kier molecular flexibility index (Phi) is 10.2. The summed E-state index contributed by atoms with van der Waals surface area (Å²) in [6, 6.07) is 16.1. The van der Waals surface area contributed by atoms with Gasteiger partial charge in [0.2, 0.25) is 11.8 Å². The molecule has 35 heavy (non-hydrogen) atoms. The lowest BCUT2D eigenvalue weighted by molar-refractivity contribution is -0.144. The molecule has 0 radical (unpaired) electrons. The molecular formula is C25H32N4O6. The van der Waals surface area contributed by atoms with E-state index in [1.165, 1.54) is 0 Å². The van der Waals surface area contributed by atoms with Crippen molar-refractivity contribution >= 4 is 23.9 Å². The summed E-state index contributed by atoms with van der Waals surface area (Å²) in [7, 11) is 0. The van der Waals surface area contributed by atoms with Gasteiger partial charge >= 0.3 is 12.1 Å². The molecule has 0 aliphatic heterocycles. The topological polar surface area (TPSA) is 149 Å². The van der Waals surface area contributed by atoms with E-state index in [2.05, 4.69) is 20.8 Å². The van der Waals surface area contributed by atoms with Crippen LogP contribution in [-0.4, -0.2) is 48.1 Å². The number of hydrogen-bond acceptors (Lipinski definition) is 7. The monoisotopic (exact) mass is 484 g/mol. The van der Waals surface area contributed by atoms with E-state index in [-0.39, 0.29) is 12.8 Å². The molecule has 188 valence electrons. The number of carbonyl (C=O) groups excluding carboxylic acids is 4. The van der Waals surface area contributed by atoms with Crippen LogP contribution in [0.2, 0.25) is 0 Å². The largest absolute Gasteiger partial charge is 0.444 e. The average molecular weight is 485 g/mol. The summed E-state index contributed by atoms with van der Waals surface area (Å²) in [5, 5.41) is 7.68. The quantitative estimate of drug-likeness (QED) is 0.372. The predicted octanol–water partition coefficient (Wildman–Crippen LogP) is 1.38. The Morgan fingerprint density at radius 1 is 0.800 bits per heavy atom. The molecule has 0 unspecified atom stereocenters. The van der Waals surface area contributed by atoms with Crippen molar-refractivity contribution in [2.45, 2.75) is 51.3 Å². The molecule has 2 aromatic carbocycles. The first-order valence-electron chi connectivity index (χ1n) is 11.1. The molecule has 0 aliphatic rings. The van der Waals surface area contributed by atoms with Crippen molar-refractivity contribution in [2.24, 2.45) is 5.90 Å². The minimum atomic E-state index is -1.03. The molecule has 0 heterocycles. The molecule has 2 aromatic rings. The third kappa shape index (κ3) is 10.3. The Morgan fingerprint density at radius 3 is 1.74 bits per heavy atom. The Hall–Kier alpha value is -3.92. The van der Waals surface area contributed by atoms with Crippen LogP contribution in [0.5, 0.6) is 0 Å². The minimum absolute atomic E-state index is 0.153. The van der Waals surface area contributed by atoms with Crippen molar-refractivity contribution in [2.75, 3.05) is 6.54 Å². The van der Waals surface area contributed by atoms with Crippen LogP contribution in [0, 0.1) is 0 Å². The van der Waals surface area contributed by atoms with Gasteiger partial charge in [-0.05, 0) is 31.9 Å². The lowest BCUT2D eigenvalue weighted by Gasteiger charge is -2.25. The summed E-state index contributed by atoms with van der Waals surface area (Å²) in [6.45, 7) is 4.68. The summed E-state index contributed by atoms with van der Waals surface area (Å²) >= 11 is 0. The van der Waals surface area contributed by atoms with Gasteiger partial charge in [0, 0.05) is 12.8 Å². The molecule has 0 fully saturated rings. The highest BCUT2D eigenvalue weighted by atomic mass is 16.7. The lowest BCUT2D eigenvalue weighted by Crippen LogP contribution is -2.56. The first kappa shape index (κ1) is 27.3. The molecule has 0 bridgehead atoms. The maximum Gasteiger partial charge on any atom is 0.408 e. The number of hydrogen-bond donors (Lipinski definition) is 4. The summed E-state index contributed by atoms with van der Waals surface area (Å²) in [4.78, 5) is 53.9. The van der Waals surface area contributed by atoms with Gasteiger partial charge in [-0.3, -0.25) is 9.59 Å². The van der Waals surface area contributed by atoms with Crippen LogP contribution >= 0.6 is 0 Å². The van der Waals surface area contributed by atoms with E-state index >= 15 is 0 Å². The van der Waals surface area contributed by atoms with Crippen molar-refractivity contribution in [3.8, 4) is 0 Å². The molecule has 10 nitrogen and oxygen atoms in total. The maximum atomic E-state index is 13.3. The fourth-order valence-corrected chi connectivity index (χ4v) is 3.16. The number of carbonyl (C=O) groups is 4. The third-order valence-electron chi connectivity index (χ3n) is 4.74. The number of nitrogens with two attached hydrogens (primary N) is 1. The van der Waals surface area contributed by atoms with E-state index in [1.807, 2.05) is 36.4 Å². The van der Waals surface area contributed by atoms with Gasteiger partial charge < -0.3 is 25.5 Å². The van der Waals surface area contributed by atoms with Crippen LogP contribution in [0.3, 0.4) is 0 Å². The number of alkyl carbamates (subject to hydrolysis) is 1. The van der Waals surface area contributed by atoms with E-state index in [9.17, 15) is 19.2 Å². The second kappa shape index (κ2) is 13.1. The maximum absolute atomic E-state index is 13.3. The number of ether oxygens (including phenoxy) is 1. The Morgan fingerprint density at radius 2 is 1.29 bits per heavy atom. The normalized spacial score (nSPS) is 12.6. The van der Waals surface area contributed by atoms with Crippen molar-refractivity contribution < 1.29 is 28.8 Å². The van der Waals surface area contributed by atoms with Crippen LogP contribution < -0.4 is 21.8 Å². The molecular weight excluding hydrogens is 452 g/mol. The zero-order chi connectivity index (χ0) is 25.8. The van der Waals surface area contributed by atoms with E-state index in [0.29, 0.717) is 0 Å². The molecule has 0 saturated heterocycles. The first-order valence-corrected chi connectivity index (χ1v) is 11.1. The summed E-state index contributed by atoms with van der Waals surface area (Å²) in [5.74, 6) is 2.79. The summed E-state index contributed by atoms with van der Waals surface area (Å²) in [6.07, 6.45) is -0.436. The van der Waals surface area contributed by atoms with Gasteiger partial charge in [0.15, 0.2) is 0 Å². The Bertz CT molecular complexity index is 992. The van der Waals surface area contributed by atoms with Crippen LogP contribution in [0.15, 0.2) is 60.7 Å². The van der Waals surface area contributed by atoms with Crippen molar-refractivity contribution in [3.63, 3.8) is 0 Å². The Balaban J connectivity index is 2.21. The van der Waals surface area contributed by atoms with Gasteiger partial charge in [-0.2, -0.15) is 5.90 Å². The highest BCUT2D eigenvalue weighted by Crippen LogP contribution is 2.10. The van der Waals surface area contributed by atoms with E-state index < -0.39 is 48.1 Å². The molecule has 2 rings (SSSR count). The standard InChI is InChI=1S/C25H32N4O6/c1-25(2,3)34-24(33)29-20(15-18-12-8-5-9-13-18)23(32)28-19(14-17-10-6-4-7-11-17)22(31)27-16-21(30)35-26/h4-13,19-20H,14-16,26H2,1-3H3,(H,27,31)(H,28,32)(H,29,33)/t19-,20-/m0/s1. The first-order chi connectivity index (χ1) is 16.6. The smallest absolute Gasteiger partial charge is 0.408 e. The fourth-order valence-electron chi connectivity index (χ4n) is 3.16. The summed E-state index contributed by atoms with van der Waals surface area (Å²) in [5.41, 5.74) is 0.832. The van der Waals surface area contributed by atoms with Gasteiger partial charge in [0.25, 0.3) is 0 Å². The van der Waals surface area contributed by atoms with Gasteiger partial charge in [-0.25, -0.2) is 9.59 Å². The van der Waals surface area contributed by atoms with Crippen molar-refractivity contribution in [3.05, 3.63) is 71.8 Å². The number of amides is 3. The van der Waals surface area contributed by atoms with Crippen molar-refractivity contribution in [1.82, 2.24) is 16.0 Å². The fraction of sp³-hybridized carbons (Fsp3) is 0.360. The van der Waals surface area contributed by atoms with Gasteiger partial charge in [-0.1, -0.05) is 60.7 Å². The molecule has 0 spiro atoms. The predicted molar refractivity (Wildman–Crippen MR) is 129 cm³/mol. The van der Waals surface area contributed by atoms with Crippen LogP contribution in [0.4, 0.5) is 4.79 Å². The van der Waals surface area contributed by atoms with Gasteiger partial charge in [-0.15, -0.1) is 0 Å². The lowest BCUT2D eigenvalue weighted by atomic mass is 10.0. The number of nitrogens with one attached hydrogen (secondary N) is 3. The van der Waals surface area contributed by atoms with E-state index in [1.54, 1.807) is 45.0 Å². The molecule has 10 heteroatoms. The van der Waals surface area contributed by atoms with Crippen LogP contribution in [-0.2, 0) is 36.8 Å². The average Bonchev–Trinajstić information content (AvgIpc) is 2.81. The molecule has 0 saturated carbocycles. The zero-order valence-electron chi connectivity index (χ0n) is 20.1. The van der Waals surface area contributed by atoms with Crippen LogP contribution in [0.1, 0.15) is 31.9 Å². The SMILES string of the molecule is CC(C)(C)OC(=O)N[C@@H](Cc1ccccc1)C(=O)N[C@@H](Cc1ccccc1)C(=O)NCC(=O)ON. The molecule has 0 aliphatic carbocycles. The molecule has 5 N–H and O–H groups in total. The third-order valence-corrected chi connectivity index (χ3v) is 4.74. The Labute approximate surface area is 204 Å². The number of benzene rings is 2.